The Labute approximate surface area is 221 Å². The number of nitrogens with zero attached hydrogens (tertiary/aromatic N) is 4. The number of likely N-dealkylation sites (N-methyl/N-ethyl adjacent to an activating group) is 2. The van der Waals surface area contributed by atoms with Gasteiger partial charge >= 0.3 is 11.9 Å². The van der Waals surface area contributed by atoms with Gasteiger partial charge in [-0.05, 0) is 64.1 Å². The van der Waals surface area contributed by atoms with Crippen LogP contribution in [-0.2, 0) is 14.4 Å². The van der Waals surface area contributed by atoms with Crippen molar-refractivity contribution in [1.29, 1.82) is 0 Å². The number of ether oxygens (including phenoxy) is 2. The first-order valence-electron chi connectivity index (χ1n) is 12.4. The molecular formula is C26H35N4O6S+. The fraction of sp³-hybridized carbons (Fsp3) is 0.500. The molecule has 0 saturated heterocycles. The first kappa shape index (κ1) is 28.2. The van der Waals surface area contributed by atoms with E-state index in [1.165, 1.54) is 18.8 Å². The van der Waals surface area contributed by atoms with Gasteiger partial charge in [0, 0.05) is 32.2 Å². The molecular weight excluding hydrogens is 496 g/mol. The fourth-order valence-corrected chi connectivity index (χ4v) is 5.87. The van der Waals surface area contributed by atoms with Crippen molar-refractivity contribution in [3.63, 3.8) is 0 Å². The van der Waals surface area contributed by atoms with E-state index >= 15 is 0 Å². The number of rotatable bonds is 10. The van der Waals surface area contributed by atoms with Crippen LogP contribution in [0.5, 0.6) is 11.5 Å². The average Bonchev–Trinajstić information content (AvgIpc) is 3.25. The molecule has 200 valence electrons. The Bertz CT molecular complexity index is 1170. The number of fused-ring (bicyclic) bond motifs is 1. The Hall–Kier alpha value is -3.34. The lowest BCUT2D eigenvalue weighted by molar-refractivity contribution is -0.416. The maximum absolute atomic E-state index is 13.9. The van der Waals surface area contributed by atoms with Gasteiger partial charge in [-0.2, -0.15) is 9.37 Å². The molecule has 37 heavy (non-hydrogen) atoms. The molecule has 0 aliphatic carbocycles. The van der Waals surface area contributed by atoms with Crippen LogP contribution in [-0.4, -0.2) is 90.1 Å². The van der Waals surface area contributed by atoms with Gasteiger partial charge in [-0.15, -0.1) is 4.90 Å². The van der Waals surface area contributed by atoms with Gasteiger partial charge in [0.2, 0.25) is 0 Å². The van der Waals surface area contributed by atoms with Gasteiger partial charge in [-0.3, -0.25) is 9.59 Å². The summed E-state index contributed by atoms with van der Waals surface area (Å²) in [5.41, 5.74) is 0.797. The van der Waals surface area contributed by atoms with Crippen molar-refractivity contribution in [3.8, 4) is 11.5 Å². The number of methoxy groups -OCH3 is 2. The molecule has 0 aromatic heterocycles. The molecule has 2 heterocycles. The number of hydrogen-bond acceptors (Lipinski definition) is 7. The average molecular weight is 532 g/mol. The standard InChI is InChI=1S/C26H35N4O6S/c1-8-27(9-2)20(31)15-29-25-21(16(5)22(37-25)24(33)28(10-3)11-4)23(32)30(26(29)34)18-13-12-17(35-6)14-19(18)36-7/h12-14,21H,8-11,15H2,1-7H3/q+1. The number of hydrogen-bond donors (Lipinski definition) is 0. The Morgan fingerprint density at radius 3 is 2.16 bits per heavy atom. The number of anilines is 1. The van der Waals surface area contributed by atoms with Crippen LogP contribution in [0.4, 0.5) is 10.5 Å². The SMILES string of the molecule is CCN(CC)C(=O)C[N+]1=C2SC(C(=O)N(CC)CC)=C(C)C2C(=O)N(c2ccc(OC)cc2OC)C1=O. The predicted molar refractivity (Wildman–Crippen MR) is 142 cm³/mol. The summed E-state index contributed by atoms with van der Waals surface area (Å²) in [6.07, 6.45) is 0. The van der Waals surface area contributed by atoms with E-state index in [2.05, 4.69) is 0 Å². The molecule has 10 nitrogen and oxygen atoms in total. The second-order valence-electron chi connectivity index (χ2n) is 8.51. The molecule has 1 unspecified atom stereocenters. The third kappa shape index (κ3) is 5.09. The van der Waals surface area contributed by atoms with E-state index in [4.69, 9.17) is 9.47 Å². The largest absolute Gasteiger partial charge is 0.507 e. The summed E-state index contributed by atoms with van der Waals surface area (Å²) in [7, 11) is 2.94. The van der Waals surface area contributed by atoms with Crippen LogP contribution in [0.25, 0.3) is 0 Å². The van der Waals surface area contributed by atoms with Crippen molar-refractivity contribution >= 4 is 46.2 Å². The van der Waals surface area contributed by atoms with Crippen LogP contribution in [0.2, 0.25) is 0 Å². The topological polar surface area (TPSA) is 99.5 Å². The van der Waals surface area contributed by atoms with E-state index in [0.717, 1.165) is 16.7 Å². The van der Waals surface area contributed by atoms with Gasteiger partial charge in [0.25, 0.3) is 11.8 Å². The molecule has 0 fully saturated rings. The van der Waals surface area contributed by atoms with Crippen molar-refractivity contribution in [2.45, 2.75) is 34.6 Å². The number of thioether (sulfide) groups is 1. The molecule has 2 aliphatic rings. The zero-order chi connectivity index (χ0) is 27.4. The van der Waals surface area contributed by atoms with E-state index in [-0.39, 0.29) is 29.8 Å². The van der Waals surface area contributed by atoms with E-state index in [0.29, 0.717) is 47.5 Å². The molecule has 0 radical (unpaired) electrons. The number of imide groups is 1. The highest BCUT2D eigenvalue weighted by Crippen LogP contribution is 2.44. The number of carbonyl (C=O) groups excluding carboxylic acids is 4. The highest BCUT2D eigenvalue weighted by atomic mass is 32.2. The quantitative estimate of drug-likeness (QED) is 0.428. The maximum atomic E-state index is 13.9. The minimum atomic E-state index is -0.867. The lowest BCUT2D eigenvalue weighted by Gasteiger charge is -2.26. The summed E-state index contributed by atoms with van der Waals surface area (Å²) in [6.45, 7) is 11.0. The zero-order valence-electron chi connectivity index (χ0n) is 22.5. The van der Waals surface area contributed by atoms with Crippen LogP contribution in [0.1, 0.15) is 34.6 Å². The molecule has 0 spiro atoms. The summed E-state index contributed by atoms with van der Waals surface area (Å²) in [6, 6.07) is 4.12. The molecule has 0 bridgehead atoms. The maximum Gasteiger partial charge on any atom is 0.507 e. The van der Waals surface area contributed by atoms with E-state index in [1.807, 2.05) is 27.7 Å². The van der Waals surface area contributed by atoms with E-state index in [1.54, 1.807) is 34.9 Å². The highest BCUT2D eigenvalue weighted by molar-refractivity contribution is 8.18. The lowest BCUT2D eigenvalue weighted by Crippen LogP contribution is -2.55. The lowest BCUT2D eigenvalue weighted by atomic mass is 9.97. The molecule has 3 rings (SSSR count). The number of amides is 5. The van der Waals surface area contributed by atoms with Gasteiger partial charge in [0.05, 0.1) is 19.1 Å². The molecule has 0 saturated carbocycles. The molecule has 11 heteroatoms. The van der Waals surface area contributed by atoms with E-state index < -0.39 is 17.9 Å². The summed E-state index contributed by atoms with van der Waals surface area (Å²) in [5, 5.41) is 0.382. The van der Waals surface area contributed by atoms with Crippen LogP contribution >= 0.6 is 11.8 Å². The highest BCUT2D eigenvalue weighted by Gasteiger charge is 2.55. The zero-order valence-corrected chi connectivity index (χ0v) is 23.3. The van der Waals surface area contributed by atoms with Gasteiger partial charge in [-0.25, -0.2) is 4.79 Å². The van der Waals surface area contributed by atoms with Crippen molar-refractivity contribution in [2.24, 2.45) is 5.92 Å². The van der Waals surface area contributed by atoms with Gasteiger partial charge in [-0.1, -0.05) is 0 Å². The van der Waals surface area contributed by atoms with E-state index in [9.17, 15) is 19.2 Å². The van der Waals surface area contributed by atoms with Crippen LogP contribution in [0.3, 0.4) is 0 Å². The second kappa shape index (κ2) is 11.8. The minimum Gasteiger partial charge on any atom is -0.497 e. The number of carbonyl (C=O) groups is 4. The molecule has 1 aromatic carbocycles. The van der Waals surface area contributed by atoms with Crippen molar-refractivity contribution in [2.75, 3.05) is 51.8 Å². The van der Waals surface area contributed by atoms with Crippen LogP contribution < -0.4 is 14.4 Å². The third-order valence-corrected chi connectivity index (χ3v) is 8.05. The molecule has 1 aromatic rings. The smallest absolute Gasteiger partial charge is 0.497 e. The number of benzene rings is 1. The number of urea groups is 1. The molecule has 0 N–H and O–H groups in total. The summed E-state index contributed by atoms with van der Waals surface area (Å²) < 4.78 is 12.1. The van der Waals surface area contributed by atoms with Gasteiger partial charge in [0.1, 0.15) is 5.75 Å². The minimum absolute atomic E-state index is 0.196. The predicted octanol–water partition coefficient (Wildman–Crippen LogP) is 2.96. The fourth-order valence-electron chi connectivity index (χ4n) is 4.52. The van der Waals surface area contributed by atoms with Crippen molar-refractivity contribution < 1.29 is 33.2 Å². The van der Waals surface area contributed by atoms with Crippen molar-refractivity contribution in [3.05, 3.63) is 28.7 Å². The van der Waals surface area contributed by atoms with Crippen molar-refractivity contribution in [1.82, 2.24) is 9.80 Å². The van der Waals surface area contributed by atoms with Gasteiger partial charge < -0.3 is 19.3 Å². The Morgan fingerprint density at radius 1 is 1.00 bits per heavy atom. The Balaban J connectivity index is 2.18. The normalized spacial score (nSPS) is 17.3. The third-order valence-electron chi connectivity index (χ3n) is 6.68. The first-order chi connectivity index (χ1) is 17.7. The van der Waals surface area contributed by atoms with Crippen LogP contribution in [0.15, 0.2) is 28.7 Å². The Morgan fingerprint density at radius 2 is 1.62 bits per heavy atom. The molecule has 1 atom stereocenters. The second-order valence-corrected chi connectivity index (χ2v) is 9.54. The summed E-state index contributed by atoms with van der Waals surface area (Å²) in [5.74, 6) is -1.04. The first-order valence-corrected chi connectivity index (χ1v) is 13.2. The summed E-state index contributed by atoms with van der Waals surface area (Å²) in [4.78, 5) is 59.0. The van der Waals surface area contributed by atoms with Crippen LogP contribution in [0, 0.1) is 5.92 Å². The monoisotopic (exact) mass is 531 g/mol. The Kier molecular flexibility index (Phi) is 9.01. The molecule has 5 amide bonds. The molecule has 2 aliphatic heterocycles. The van der Waals surface area contributed by atoms with Gasteiger partial charge in [0.15, 0.2) is 28.9 Å². The summed E-state index contributed by atoms with van der Waals surface area (Å²) >= 11 is 1.11.